The highest BCUT2D eigenvalue weighted by Crippen LogP contribution is 2.61. The van der Waals surface area contributed by atoms with Crippen LogP contribution in [-0.4, -0.2) is 22.9 Å². The van der Waals surface area contributed by atoms with Crippen molar-refractivity contribution in [3.63, 3.8) is 0 Å². The quantitative estimate of drug-likeness (QED) is 0.867. The number of ether oxygens (including phenoxy) is 1. The van der Waals surface area contributed by atoms with E-state index in [-0.39, 0.29) is 17.3 Å². The largest absolute Gasteiger partial charge is 0.504 e. The van der Waals surface area contributed by atoms with Crippen LogP contribution in [0.2, 0.25) is 0 Å². The first-order chi connectivity index (χ1) is 11.0. The Morgan fingerprint density at radius 1 is 1.22 bits per heavy atom. The second-order valence-corrected chi connectivity index (χ2v) is 8.00. The molecule has 3 aliphatic carbocycles. The molecule has 0 spiro atoms. The van der Waals surface area contributed by atoms with Crippen molar-refractivity contribution in [1.82, 2.24) is 0 Å². The lowest BCUT2D eigenvalue weighted by molar-refractivity contribution is -0.0226. The maximum Gasteiger partial charge on any atom is 0.161 e. The minimum atomic E-state index is -0.117. The van der Waals surface area contributed by atoms with Crippen LogP contribution in [0, 0.1) is 17.3 Å². The molecule has 0 radical (unpaired) electrons. The van der Waals surface area contributed by atoms with Crippen molar-refractivity contribution in [3.8, 4) is 11.5 Å². The van der Waals surface area contributed by atoms with Gasteiger partial charge in [-0.1, -0.05) is 6.92 Å². The van der Waals surface area contributed by atoms with Gasteiger partial charge >= 0.3 is 0 Å². The monoisotopic (exact) mass is 316 g/mol. The third-order valence-electron chi connectivity index (χ3n) is 7.05. The van der Waals surface area contributed by atoms with Gasteiger partial charge < -0.3 is 14.9 Å². The van der Waals surface area contributed by atoms with Gasteiger partial charge in [0.05, 0.1) is 12.7 Å². The Morgan fingerprint density at radius 2 is 2.04 bits per heavy atom. The van der Waals surface area contributed by atoms with Gasteiger partial charge in [0.1, 0.15) is 0 Å². The van der Waals surface area contributed by atoms with Crippen molar-refractivity contribution in [2.24, 2.45) is 17.3 Å². The molecule has 4 rings (SSSR count). The predicted molar refractivity (Wildman–Crippen MR) is 89.9 cm³/mol. The first-order valence-corrected chi connectivity index (χ1v) is 9.21. The average molecular weight is 316 g/mol. The maximum absolute atomic E-state index is 10.5. The lowest BCUT2D eigenvalue weighted by atomic mass is 9.55. The van der Waals surface area contributed by atoms with Gasteiger partial charge in [-0.25, -0.2) is 0 Å². The Kier molecular flexibility index (Phi) is 3.60. The van der Waals surface area contributed by atoms with Crippen LogP contribution in [0.3, 0.4) is 0 Å². The summed E-state index contributed by atoms with van der Waals surface area (Å²) < 4.78 is 5.62. The third kappa shape index (κ3) is 2.20. The van der Waals surface area contributed by atoms with Crippen LogP contribution in [0.25, 0.3) is 0 Å². The molecule has 3 nitrogen and oxygen atoms in total. The Balaban J connectivity index is 1.70. The summed E-state index contributed by atoms with van der Waals surface area (Å²) in [5, 5.41) is 20.6. The van der Waals surface area contributed by atoms with Gasteiger partial charge in [0.25, 0.3) is 0 Å². The highest BCUT2D eigenvalue weighted by atomic mass is 16.5. The zero-order chi connectivity index (χ0) is 16.2. The summed E-state index contributed by atoms with van der Waals surface area (Å²) in [7, 11) is 0. The molecule has 3 aliphatic rings. The summed E-state index contributed by atoms with van der Waals surface area (Å²) in [6.07, 6.45) is 6.52. The van der Waals surface area contributed by atoms with Crippen molar-refractivity contribution >= 4 is 0 Å². The van der Waals surface area contributed by atoms with E-state index >= 15 is 0 Å². The van der Waals surface area contributed by atoms with Crippen LogP contribution in [0.4, 0.5) is 0 Å². The molecule has 2 fully saturated rings. The van der Waals surface area contributed by atoms with Crippen molar-refractivity contribution in [2.45, 2.75) is 64.4 Å². The summed E-state index contributed by atoms with van der Waals surface area (Å²) in [4.78, 5) is 0. The number of phenols is 1. The van der Waals surface area contributed by atoms with E-state index in [0.717, 1.165) is 25.7 Å². The van der Waals surface area contributed by atoms with Gasteiger partial charge in [0, 0.05) is 0 Å². The topological polar surface area (TPSA) is 49.7 Å². The van der Waals surface area contributed by atoms with Crippen LogP contribution in [0.5, 0.6) is 11.5 Å². The number of fused-ring (bicyclic) bond motifs is 5. The molecule has 0 saturated heterocycles. The van der Waals surface area contributed by atoms with E-state index in [1.54, 1.807) is 0 Å². The van der Waals surface area contributed by atoms with Crippen molar-refractivity contribution < 1.29 is 14.9 Å². The van der Waals surface area contributed by atoms with E-state index in [9.17, 15) is 10.2 Å². The van der Waals surface area contributed by atoms with Gasteiger partial charge in [-0.15, -0.1) is 0 Å². The number of rotatable bonds is 2. The molecule has 0 bridgehead atoms. The van der Waals surface area contributed by atoms with Crippen molar-refractivity contribution in [3.05, 3.63) is 23.3 Å². The average Bonchev–Trinajstić information content (AvgIpc) is 2.84. The second kappa shape index (κ2) is 5.41. The molecule has 0 aromatic heterocycles. The first kappa shape index (κ1) is 15.3. The Hall–Kier alpha value is -1.22. The molecule has 1 aromatic carbocycles. The Morgan fingerprint density at radius 3 is 2.83 bits per heavy atom. The van der Waals surface area contributed by atoms with Gasteiger partial charge in [0.15, 0.2) is 11.5 Å². The maximum atomic E-state index is 10.5. The molecule has 1 aromatic rings. The van der Waals surface area contributed by atoms with Crippen LogP contribution in [-0.2, 0) is 6.42 Å². The summed E-state index contributed by atoms with van der Waals surface area (Å²) in [6.45, 7) is 4.84. The van der Waals surface area contributed by atoms with Crippen LogP contribution in [0.1, 0.15) is 63.0 Å². The molecule has 126 valence electrons. The predicted octanol–water partition coefficient (Wildman–Crippen LogP) is 4.01. The lowest BCUT2D eigenvalue weighted by Crippen LogP contribution is -2.43. The molecule has 0 unspecified atom stereocenters. The van der Waals surface area contributed by atoms with Crippen LogP contribution in [0.15, 0.2) is 12.1 Å². The SMILES string of the molecule is CCOc1cc2c(cc1O)CC[C@H]1[C@@H]2CC[C@]2(C)[C@@H]1CC[C@@H]2O. The second-order valence-electron chi connectivity index (χ2n) is 8.00. The molecule has 0 aliphatic heterocycles. The highest BCUT2D eigenvalue weighted by Gasteiger charge is 2.54. The summed E-state index contributed by atoms with van der Waals surface area (Å²) in [5.41, 5.74) is 2.82. The molecular weight excluding hydrogens is 288 g/mol. The summed E-state index contributed by atoms with van der Waals surface area (Å²) in [6, 6.07) is 4.02. The number of aliphatic hydroxyl groups is 1. The van der Waals surface area contributed by atoms with Crippen LogP contribution >= 0.6 is 0 Å². The van der Waals surface area contributed by atoms with Gasteiger partial charge in [-0.2, -0.15) is 0 Å². The van der Waals surface area contributed by atoms with E-state index in [1.807, 2.05) is 13.0 Å². The molecular formula is C20H28O3. The normalized spacial score (nSPS) is 38.6. The van der Waals surface area contributed by atoms with E-state index in [1.165, 1.54) is 24.0 Å². The van der Waals surface area contributed by atoms with Crippen molar-refractivity contribution in [1.29, 1.82) is 0 Å². The number of hydrogen-bond acceptors (Lipinski definition) is 3. The smallest absolute Gasteiger partial charge is 0.161 e. The number of aliphatic hydroxyl groups excluding tert-OH is 1. The summed E-state index contributed by atoms with van der Waals surface area (Å²) >= 11 is 0. The van der Waals surface area contributed by atoms with E-state index in [2.05, 4.69) is 13.0 Å². The number of aryl methyl sites for hydroxylation is 1. The fourth-order valence-electron chi connectivity index (χ4n) is 5.83. The Labute approximate surface area is 138 Å². The molecule has 3 heteroatoms. The van der Waals surface area contributed by atoms with Crippen LogP contribution < -0.4 is 4.74 Å². The molecule has 5 atom stereocenters. The lowest BCUT2D eigenvalue weighted by Gasteiger charge is -2.50. The highest BCUT2D eigenvalue weighted by molar-refractivity contribution is 5.49. The summed E-state index contributed by atoms with van der Waals surface area (Å²) in [5.74, 6) is 2.81. The molecule has 2 saturated carbocycles. The Bertz CT molecular complexity index is 611. The standard InChI is InChI=1S/C20H28O3/c1-3-23-18-11-15-12(10-17(18)21)4-5-14-13(15)8-9-20(2)16(14)6-7-19(20)22/h10-11,13-14,16,19,21-22H,3-9H2,1-2H3/t13-,14-,16+,19-,20+/m0/s1. The number of benzene rings is 1. The van der Waals surface area contributed by atoms with Gasteiger partial charge in [-0.05, 0) is 91.9 Å². The first-order valence-electron chi connectivity index (χ1n) is 9.21. The molecule has 0 heterocycles. The van der Waals surface area contributed by atoms with Crippen molar-refractivity contribution in [2.75, 3.05) is 6.61 Å². The third-order valence-corrected chi connectivity index (χ3v) is 7.05. The zero-order valence-electron chi connectivity index (χ0n) is 14.2. The fourth-order valence-corrected chi connectivity index (χ4v) is 5.83. The van der Waals surface area contributed by atoms with E-state index in [4.69, 9.17) is 4.74 Å². The van der Waals surface area contributed by atoms with E-state index in [0.29, 0.717) is 30.1 Å². The minimum Gasteiger partial charge on any atom is -0.504 e. The fraction of sp³-hybridized carbons (Fsp3) is 0.700. The zero-order valence-corrected chi connectivity index (χ0v) is 14.2. The number of phenolic OH excluding ortho intramolecular Hbond substituents is 1. The minimum absolute atomic E-state index is 0.117. The van der Waals surface area contributed by atoms with Gasteiger partial charge in [-0.3, -0.25) is 0 Å². The molecule has 2 N–H and O–H groups in total. The number of aromatic hydroxyl groups is 1. The van der Waals surface area contributed by atoms with E-state index < -0.39 is 0 Å². The molecule has 0 amide bonds. The molecule has 23 heavy (non-hydrogen) atoms. The number of hydrogen-bond donors (Lipinski definition) is 2. The van der Waals surface area contributed by atoms with Gasteiger partial charge in [0.2, 0.25) is 0 Å².